The largest absolute Gasteiger partial charge is 0.480 e. The van der Waals surface area contributed by atoms with Crippen LogP contribution in [0.3, 0.4) is 0 Å². The Morgan fingerprint density at radius 2 is 2.17 bits per heavy atom. The van der Waals surface area contributed by atoms with Crippen LogP contribution in [0.4, 0.5) is 4.39 Å². The number of aliphatic carboxylic acids is 1. The second kappa shape index (κ2) is 4.87. The number of rotatable bonds is 4. The maximum atomic E-state index is 12.9. The summed E-state index contributed by atoms with van der Waals surface area (Å²) in [4.78, 5) is 21.7. The van der Waals surface area contributed by atoms with E-state index < -0.39 is 24.2 Å². The van der Waals surface area contributed by atoms with Gasteiger partial charge in [-0.1, -0.05) is 0 Å². The molecule has 0 bridgehead atoms. The summed E-state index contributed by atoms with van der Waals surface area (Å²) in [6, 6.07) is 4.03. The van der Waals surface area contributed by atoms with Gasteiger partial charge < -0.3 is 14.8 Å². The third-order valence-electron chi connectivity index (χ3n) is 2.41. The number of halogens is 1. The SMILES string of the molecule is O=C(O)CNC(=O)Cc1coc2cc(F)ccc12. The molecule has 0 aliphatic rings. The first kappa shape index (κ1) is 12.1. The van der Waals surface area contributed by atoms with E-state index in [0.29, 0.717) is 16.5 Å². The Morgan fingerprint density at radius 1 is 1.39 bits per heavy atom. The van der Waals surface area contributed by atoms with E-state index in [1.54, 1.807) is 0 Å². The molecule has 2 rings (SSSR count). The van der Waals surface area contributed by atoms with Crippen LogP contribution in [-0.4, -0.2) is 23.5 Å². The number of carboxylic acids is 1. The molecule has 0 radical (unpaired) electrons. The van der Waals surface area contributed by atoms with Crippen molar-refractivity contribution in [2.24, 2.45) is 0 Å². The van der Waals surface area contributed by atoms with E-state index in [2.05, 4.69) is 5.32 Å². The van der Waals surface area contributed by atoms with Crippen molar-refractivity contribution in [2.75, 3.05) is 6.54 Å². The second-order valence-electron chi connectivity index (χ2n) is 3.75. The summed E-state index contributed by atoms with van der Waals surface area (Å²) in [5.41, 5.74) is 0.948. The van der Waals surface area contributed by atoms with Crippen molar-refractivity contribution in [3.05, 3.63) is 35.8 Å². The number of fused-ring (bicyclic) bond motifs is 1. The van der Waals surface area contributed by atoms with Crippen molar-refractivity contribution in [3.8, 4) is 0 Å². The highest BCUT2D eigenvalue weighted by molar-refractivity contribution is 5.88. The molecule has 6 heteroatoms. The summed E-state index contributed by atoms with van der Waals surface area (Å²) >= 11 is 0. The molecule has 1 heterocycles. The maximum absolute atomic E-state index is 12.9. The fraction of sp³-hybridized carbons (Fsp3) is 0.167. The molecule has 2 aromatic rings. The molecule has 94 valence electrons. The van der Waals surface area contributed by atoms with Gasteiger partial charge >= 0.3 is 5.97 Å². The average Bonchev–Trinajstić information content (AvgIpc) is 2.69. The molecule has 0 spiro atoms. The molecule has 1 amide bonds. The van der Waals surface area contributed by atoms with E-state index in [0.717, 1.165) is 0 Å². The molecular formula is C12H10FNO4. The lowest BCUT2D eigenvalue weighted by Crippen LogP contribution is -2.30. The summed E-state index contributed by atoms with van der Waals surface area (Å²) in [5.74, 6) is -1.95. The fourth-order valence-corrected chi connectivity index (χ4v) is 1.60. The number of carbonyl (C=O) groups excluding carboxylic acids is 1. The lowest BCUT2D eigenvalue weighted by molar-refractivity contribution is -0.137. The summed E-state index contributed by atoms with van der Waals surface area (Å²) in [6.07, 6.45) is 1.36. The van der Waals surface area contributed by atoms with Gasteiger partial charge in [0.2, 0.25) is 5.91 Å². The zero-order valence-electron chi connectivity index (χ0n) is 9.27. The predicted octanol–water partition coefficient (Wildman–Crippen LogP) is 1.32. The molecule has 0 saturated heterocycles. The van der Waals surface area contributed by atoms with Crippen molar-refractivity contribution < 1.29 is 23.5 Å². The fourth-order valence-electron chi connectivity index (χ4n) is 1.60. The molecule has 18 heavy (non-hydrogen) atoms. The minimum Gasteiger partial charge on any atom is -0.480 e. The molecule has 1 aromatic carbocycles. The number of hydrogen-bond donors (Lipinski definition) is 2. The Kier molecular flexibility index (Phi) is 3.27. The standard InChI is InChI=1S/C12H10FNO4/c13-8-1-2-9-7(6-18-10(9)4-8)3-11(15)14-5-12(16)17/h1-2,4,6H,3,5H2,(H,14,15)(H,16,17). The van der Waals surface area contributed by atoms with Gasteiger partial charge in [-0.25, -0.2) is 4.39 Å². The van der Waals surface area contributed by atoms with Gasteiger partial charge in [-0.05, 0) is 12.1 Å². The van der Waals surface area contributed by atoms with Gasteiger partial charge in [-0.3, -0.25) is 9.59 Å². The number of hydrogen-bond acceptors (Lipinski definition) is 3. The van der Waals surface area contributed by atoms with E-state index in [1.165, 1.54) is 24.5 Å². The first-order valence-corrected chi connectivity index (χ1v) is 5.20. The topological polar surface area (TPSA) is 79.5 Å². The van der Waals surface area contributed by atoms with Crippen LogP contribution in [-0.2, 0) is 16.0 Å². The van der Waals surface area contributed by atoms with Crippen LogP contribution in [0, 0.1) is 5.82 Å². The number of nitrogens with one attached hydrogen (secondary N) is 1. The van der Waals surface area contributed by atoms with Crippen molar-refractivity contribution in [1.29, 1.82) is 0 Å². The van der Waals surface area contributed by atoms with Crippen molar-refractivity contribution in [1.82, 2.24) is 5.32 Å². The molecule has 0 aliphatic heterocycles. The van der Waals surface area contributed by atoms with E-state index in [9.17, 15) is 14.0 Å². The van der Waals surface area contributed by atoms with Gasteiger partial charge in [0.15, 0.2) is 0 Å². The van der Waals surface area contributed by atoms with Crippen LogP contribution in [0.25, 0.3) is 11.0 Å². The van der Waals surface area contributed by atoms with E-state index in [-0.39, 0.29) is 6.42 Å². The lowest BCUT2D eigenvalue weighted by atomic mass is 10.1. The highest BCUT2D eigenvalue weighted by Gasteiger charge is 2.11. The summed E-state index contributed by atoms with van der Waals surface area (Å²) < 4.78 is 18.0. The van der Waals surface area contributed by atoms with Crippen LogP contribution in [0.15, 0.2) is 28.9 Å². The lowest BCUT2D eigenvalue weighted by Gasteiger charge is -2.00. The number of furan rings is 1. The number of benzene rings is 1. The predicted molar refractivity (Wildman–Crippen MR) is 60.5 cm³/mol. The van der Waals surface area contributed by atoms with E-state index in [4.69, 9.17) is 9.52 Å². The average molecular weight is 251 g/mol. The van der Waals surface area contributed by atoms with E-state index >= 15 is 0 Å². The molecule has 0 fully saturated rings. The third-order valence-corrected chi connectivity index (χ3v) is 2.41. The molecule has 5 nitrogen and oxygen atoms in total. The van der Waals surface area contributed by atoms with Gasteiger partial charge in [0, 0.05) is 17.0 Å². The summed E-state index contributed by atoms with van der Waals surface area (Å²) in [7, 11) is 0. The summed E-state index contributed by atoms with van der Waals surface area (Å²) in [5, 5.41) is 11.3. The first-order valence-electron chi connectivity index (χ1n) is 5.20. The van der Waals surface area contributed by atoms with Gasteiger partial charge in [0.05, 0.1) is 12.7 Å². The van der Waals surface area contributed by atoms with Gasteiger partial charge in [-0.15, -0.1) is 0 Å². The van der Waals surface area contributed by atoms with Crippen molar-refractivity contribution in [3.63, 3.8) is 0 Å². The normalized spacial score (nSPS) is 10.5. The van der Waals surface area contributed by atoms with Crippen LogP contribution in [0.2, 0.25) is 0 Å². The van der Waals surface area contributed by atoms with Crippen LogP contribution in [0.5, 0.6) is 0 Å². The molecular weight excluding hydrogens is 241 g/mol. The van der Waals surface area contributed by atoms with Crippen molar-refractivity contribution >= 4 is 22.8 Å². The monoisotopic (exact) mass is 251 g/mol. The molecule has 0 unspecified atom stereocenters. The maximum Gasteiger partial charge on any atom is 0.322 e. The Balaban J connectivity index is 2.12. The Bertz CT molecular complexity index is 605. The van der Waals surface area contributed by atoms with Gasteiger partial charge in [0.25, 0.3) is 0 Å². The third kappa shape index (κ3) is 2.65. The molecule has 1 aromatic heterocycles. The van der Waals surface area contributed by atoms with Crippen LogP contribution >= 0.6 is 0 Å². The molecule has 0 saturated carbocycles. The number of carbonyl (C=O) groups is 2. The quantitative estimate of drug-likeness (QED) is 0.858. The smallest absolute Gasteiger partial charge is 0.322 e. The zero-order valence-corrected chi connectivity index (χ0v) is 9.27. The number of amides is 1. The minimum atomic E-state index is -1.11. The van der Waals surface area contributed by atoms with Gasteiger partial charge in [0.1, 0.15) is 17.9 Å². The molecule has 0 atom stereocenters. The van der Waals surface area contributed by atoms with Gasteiger partial charge in [-0.2, -0.15) is 0 Å². The highest BCUT2D eigenvalue weighted by atomic mass is 19.1. The van der Waals surface area contributed by atoms with E-state index in [1.807, 2.05) is 0 Å². The highest BCUT2D eigenvalue weighted by Crippen LogP contribution is 2.22. The Morgan fingerprint density at radius 3 is 2.89 bits per heavy atom. The van der Waals surface area contributed by atoms with Crippen LogP contribution in [0.1, 0.15) is 5.56 Å². The number of carboxylic acid groups (broad SMARTS) is 1. The molecule has 0 aliphatic carbocycles. The zero-order chi connectivity index (χ0) is 13.1. The van der Waals surface area contributed by atoms with Crippen molar-refractivity contribution in [2.45, 2.75) is 6.42 Å². The minimum absolute atomic E-state index is 0.00802. The Labute approximate surface area is 101 Å². The summed E-state index contributed by atoms with van der Waals surface area (Å²) in [6.45, 7) is -0.427. The van der Waals surface area contributed by atoms with Crippen LogP contribution < -0.4 is 5.32 Å². The molecule has 2 N–H and O–H groups in total. The second-order valence-corrected chi connectivity index (χ2v) is 3.75. The first-order chi connectivity index (χ1) is 8.56. The Hall–Kier alpha value is -2.37.